The van der Waals surface area contributed by atoms with Crippen LogP contribution in [0.2, 0.25) is 5.02 Å². The van der Waals surface area contributed by atoms with E-state index >= 15 is 0 Å². The van der Waals surface area contributed by atoms with Crippen molar-refractivity contribution < 1.29 is 9.50 Å². The van der Waals surface area contributed by atoms with Crippen molar-refractivity contribution in [2.45, 2.75) is 51.7 Å². The van der Waals surface area contributed by atoms with Gasteiger partial charge in [0.15, 0.2) is 0 Å². The summed E-state index contributed by atoms with van der Waals surface area (Å²) in [5.41, 5.74) is 3.30. The first-order chi connectivity index (χ1) is 18.2. The molecule has 1 aliphatic rings. The molecular weight excluding hydrogens is 505 g/mol. The van der Waals surface area contributed by atoms with Gasteiger partial charge in [-0.3, -0.25) is 4.98 Å². The molecule has 0 bridgehead atoms. The summed E-state index contributed by atoms with van der Waals surface area (Å²) < 4.78 is 15.6. The smallest absolute Gasteiger partial charge is 0.123 e. The van der Waals surface area contributed by atoms with E-state index in [1.54, 1.807) is 18.2 Å². The summed E-state index contributed by atoms with van der Waals surface area (Å²) >= 11 is 6.70. The predicted molar refractivity (Wildman–Crippen MR) is 146 cm³/mol. The Kier molecular flexibility index (Phi) is 6.95. The molecule has 196 valence electrons. The number of nitrogens with one attached hydrogen (secondary N) is 2. The first kappa shape index (κ1) is 25.9. The fraction of sp³-hybridized carbons (Fsp3) is 0.357. The number of aliphatic hydroxyl groups is 1. The summed E-state index contributed by atoms with van der Waals surface area (Å²) in [5.74, 6) is -0.328. The van der Waals surface area contributed by atoms with E-state index in [-0.39, 0.29) is 23.9 Å². The third-order valence-electron chi connectivity index (χ3n) is 6.85. The number of fused-ring (bicyclic) bond motifs is 1. The number of aromatic nitrogens is 4. The van der Waals surface area contributed by atoms with Crippen LogP contribution in [0.25, 0.3) is 10.9 Å². The lowest BCUT2D eigenvalue weighted by Gasteiger charge is -2.31. The summed E-state index contributed by atoms with van der Waals surface area (Å²) in [6.07, 6.45) is 5.55. The molecule has 38 heavy (non-hydrogen) atoms. The molecule has 2 aromatic carbocycles. The lowest BCUT2D eigenvalue weighted by atomic mass is 9.87. The number of hydrogen-bond donors (Lipinski definition) is 3. The Hall–Kier alpha value is -3.74. The molecule has 2 aromatic heterocycles. The molecule has 1 fully saturated rings. The van der Waals surface area contributed by atoms with E-state index in [1.165, 1.54) is 18.3 Å². The minimum atomic E-state index is -0.431. The SMILES string of the molecule is CC(C)(C)[C@@H](CO)Nc1c(C#N)cnc2c(Cl)cc(NC(c3ccc(F)cc3)c3cn(C4CC4)nn3)cc12. The molecule has 1 aliphatic carbocycles. The highest BCUT2D eigenvalue weighted by molar-refractivity contribution is 6.35. The van der Waals surface area contributed by atoms with Gasteiger partial charge in [0.1, 0.15) is 17.6 Å². The molecule has 0 radical (unpaired) electrons. The second kappa shape index (κ2) is 10.2. The Labute approximate surface area is 225 Å². The number of aliphatic hydroxyl groups excluding tert-OH is 1. The Morgan fingerprint density at radius 3 is 2.58 bits per heavy atom. The van der Waals surface area contributed by atoms with Gasteiger partial charge in [-0.25, -0.2) is 9.07 Å². The van der Waals surface area contributed by atoms with E-state index < -0.39 is 6.04 Å². The Morgan fingerprint density at radius 2 is 1.95 bits per heavy atom. The van der Waals surface area contributed by atoms with Crippen molar-refractivity contribution in [1.82, 2.24) is 20.0 Å². The van der Waals surface area contributed by atoms with Gasteiger partial charge in [0, 0.05) is 17.3 Å². The molecule has 3 N–H and O–H groups in total. The number of anilines is 2. The average Bonchev–Trinajstić information content (AvgIpc) is 3.62. The zero-order valence-corrected chi connectivity index (χ0v) is 22.2. The van der Waals surface area contributed by atoms with Gasteiger partial charge in [-0.2, -0.15) is 5.26 Å². The van der Waals surface area contributed by atoms with E-state index in [9.17, 15) is 14.8 Å². The minimum absolute atomic E-state index is 0.118. The second-order valence-electron chi connectivity index (χ2n) is 10.7. The summed E-state index contributed by atoms with van der Waals surface area (Å²) in [6, 6.07) is 11.7. The molecule has 0 amide bonds. The molecule has 2 atom stereocenters. The van der Waals surface area contributed by atoms with Crippen LogP contribution in [-0.4, -0.2) is 37.7 Å². The quantitative estimate of drug-likeness (QED) is 0.260. The van der Waals surface area contributed by atoms with Crippen molar-refractivity contribution in [3.05, 3.63) is 76.5 Å². The van der Waals surface area contributed by atoms with E-state index in [2.05, 4.69) is 32.0 Å². The zero-order valence-electron chi connectivity index (χ0n) is 21.4. The number of nitriles is 1. The van der Waals surface area contributed by atoms with Crippen LogP contribution in [0.15, 0.2) is 48.8 Å². The lowest BCUT2D eigenvalue weighted by molar-refractivity contribution is 0.202. The van der Waals surface area contributed by atoms with Crippen LogP contribution in [0.4, 0.5) is 15.8 Å². The van der Waals surface area contributed by atoms with Gasteiger partial charge in [0.25, 0.3) is 0 Å². The van der Waals surface area contributed by atoms with Crippen molar-refractivity contribution >= 4 is 33.9 Å². The van der Waals surface area contributed by atoms with Crippen LogP contribution < -0.4 is 10.6 Å². The molecule has 4 aromatic rings. The Bertz CT molecular complexity index is 1500. The number of halogens is 2. The average molecular weight is 534 g/mol. The molecule has 5 rings (SSSR count). The maximum Gasteiger partial charge on any atom is 0.123 e. The van der Waals surface area contributed by atoms with Crippen LogP contribution in [0, 0.1) is 22.6 Å². The third kappa shape index (κ3) is 5.28. The largest absolute Gasteiger partial charge is 0.394 e. The van der Waals surface area contributed by atoms with Crippen molar-refractivity contribution in [3.63, 3.8) is 0 Å². The fourth-order valence-corrected chi connectivity index (χ4v) is 4.65. The monoisotopic (exact) mass is 533 g/mol. The van der Waals surface area contributed by atoms with Gasteiger partial charge in [-0.15, -0.1) is 5.10 Å². The van der Waals surface area contributed by atoms with Crippen LogP contribution in [-0.2, 0) is 0 Å². The van der Waals surface area contributed by atoms with Crippen LogP contribution in [0.5, 0.6) is 0 Å². The van der Waals surface area contributed by atoms with Crippen molar-refractivity contribution in [1.29, 1.82) is 5.26 Å². The number of benzene rings is 2. The topological polar surface area (TPSA) is 112 Å². The number of nitrogens with zero attached hydrogens (tertiary/aromatic N) is 5. The van der Waals surface area contributed by atoms with Gasteiger partial charge >= 0.3 is 0 Å². The number of hydrogen-bond acceptors (Lipinski definition) is 7. The van der Waals surface area contributed by atoms with Gasteiger partial charge < -0.3 is 15.7 Å². The molecule has 0 spiro atoms. The van der Waals surface area contributed by atoms with Crippen molar-refractivity contribution in [3.8, 4) is 6.07 Å². The highest BCUT2D eigenvalue weighted by Crippen LogP contribution is 2.38. The van der Waals surface area contributed by atoms with E-state index in [1.807, 2.05) is 37.7 Å². The predicted octanol–water partition coefficient (Wildman–Crippen LogP) is 5.85. The van der Waals surface area contributed by atoms with Crippen molar-refractivity contribution in [2.24, 2.45) is 5.41 Å². The van der Waals surface area contributed by atoms with Crippen LogP contribution in [0.3, 0.4) is 0 Å². The summed E-state index contributed by atoms with van der Waals surface area (Å²) in [6.45, 7) is 5.92. The first-order valence-electron chi connectivity index (χ1n) is 12.5. The molecule has 2 heterocycles. The standard InChI is InChI=1S/C28H29ClFN7O/c1-28(2,3)24(15-38)34-25-17(12-31)13-32-27-21(25)10-19(11-22(27)29)33-26(16-4-6-18(30)7-5-16)23-14-37(36-35-23)20-8-9-20/h4-7,10-11,13-14,20,24,26,33,38H,8-9,15H2,1-3H3,(H,32,34)/t24-,26?/m1/s1. The van der Waals surface area contributed by atoms with Crippen molar-refractivity contribution in [2.75, 3.05) is 17.2 Å². The minimum Gasteiger partial charge on any atom is -0.394 e. The number of pyridine rings is 1. The molecule has 1 unspecified atom stereocenters. The number of rotatable bonds is 8. The van der Waals surface area contributed by atoms with Gasteiger partial charge in [0.2, 0.25) is 0 Å². The van der Waals surface area contributed by atoms with E-state index in [0.717, 1.165) is 18.4 Å². The Morgan fingerprint density at radius 1 is 1.21 bits per heavy atom. The summed E-state index contributed by atoms with van der Waals surface area (Å²) in [5, 5.41) is 36.5. The maximum atomic E-state index is 13.7. The highest BCUT2D eigenvalue weighted by atomic mass is 35.5. The van der Waals surface area contributed by atoms with Gasteiger partial charge in [0.05, 0.1) is 52.7 Å². The molecule has 8 nitrogen and oxygen atoms in total. The fourth-order valence-electron chi connectivity index (χ4n) is 4.38. The summed E-state index contributed by atoms with van der Waals surface area (Å²) in [7, 11) is 0. The lowest BCUT2D eigenvalue weighted by Crippen LogP contribution is -2.37. The molecule has 10 heteroatoms. The van der Waals surface area contributed by atoms with E-state index in [4.69, 9.17) is 11.6 Å². The molecule has 0 saturated heterocycles. The van der Waals surface area contributed by atoms with E-state index in [0.29, 0.717) is 44.6 Å². The van der Waals surface area contributed by atoms with Crippen LogP contribution >= 0.6 is 11.6 Å². The Balaban J connectivity index is 1.59. The first-order valence-corrected chi connectivity index (χ1v) is 12.9. The van der Waals surface area contributed by atoms with Gasteiger partial charge in [-0.05, 0) is 48.1 Å². The second-order valence-corrected chi connectivity index (χ2v) is 11.1. The zero-order chi connectivity index (χ0) is 27.0. The highest BCUT2D eigenvalue weighted by Gasteiger charge is 2.28. The molecular formula is C28H29ClFN7O. The molecule has 0 aliphatic heterocycles. The van der Waals surface area contributed by atoms with Gasteiger partial charge in [-0.1, -0.05) is 49.7 Å². The summed E-state index contributed by atoms with van der Waals surface area (Å²) in [4.78, 5) is 4.43. The molecule has 1 saturated carbocycles. The normalized spacial score (nSPS) is 15.2. The van der Waals surface area contributed by atoms with Crippen LogP contribution in [0.1, 0.15) is 62.5 Å². The maximum absolute atomic E-state index is 13.7. The third-order valence-corrected chi connectivity index (χ3v) is 7.14.